The number of thiazole rings is 1. The molecule has 0 saturated carbocycles. The maximum Gasteiger partial charge on any atom is 0.291 e. The van der Waals surface area contributed by atoms with E-state index in [9.17, 15) is 4.79 Å². The van der Waals surface area contributed by atoms with E-state index in [1.165, 1.54) is 15.9 Å². The minimum Gasteiger partial charge on any atom is -0.493 e. The lowest BCUT2D eigenvalue weighted by Crippen LogP contribution is -2.23. The summed E-state index contributed by atoms with van der Waals surface area (Å²) < 4.78 is 21.1. The molecule has 0 amide bonds. The number of nitrogens with zero attached hydrogens (tertiary/aromatic N) is 5. The zero-order valence-corrected chi connectivity index (χ0v) is 29.6. The molecular weight excluding hydrogens is 682 g/mol. The van der Waals surface area contributed by atoms with E-state index >= 15 is 0 Å². The fourth-order valence-electron chi connectivity index (χ4n) is 5.40. The smallest absolute Gasteiger partial charge is 0.291 e. The Kier molecular flexibility index (Phi) is 10.2. The maximum absolute atomic E-state index is 13.6. The van der Waals surface area contributed by atoms with Crippen LogP contribution in [-0.4, -0.2) is 38.1 Å². The van der Waals surface area contributed by atoms with Crippen molar-refractivity contribution in [2.75, 3.05) is 13.7 Å². The Balaban J connectivity index is 1.18. The second kappa shape index (κ2) is 15.5. The van der Waals surface area contributed by atoms with Crippen LogP contribution < -0.4 is 24.3 Å². The van der Waals surface area contributed by atoms with Gasteiger partial charge in [0, 0.05) is 27.9 Å². The van der Waals surface area contributed by atoms with Crippen molar-refractivity contribution in [2.45, 2.75) is 26.4 Å². The molecule has 0 aliphatic heterocycles. The van der Waals surface area contributed by atoms with E-state index in [0.29, 0.717) is 56.5 Å². The molecule has 0 bridgehead atoms. The minimum atomic E-state index is -0.257. The molecule has 11 heteroatoms. The average Bonchev–Trinajstić information content (AvgIpc) is 3.85. The third-order valence-corrected chi connectivity index (χ3v) is 9.40. The summed E-state index contributed by atoms with van der Waals surface area (Å²) in [7, 11) is 1.62. The van der Waals surface area contributed by atoms with Crippen molar-refractivity contribution in [1.82, 2.24) is 24.4 Å². The van der Waals surface area contributed by atoms with Gasteiger partial charge in [0.1, 0.15) is 18.1 Å². The highest BCUT2D eigenvalue weighted by atomic mass is 35.5. The topological polar surface area (TPSA) is 92.8 Å². The molecule has 51 heavy (non-hydrogen) atoms. The van der Waals surface area contributed by atoms with Gasteiger partial charge in [-0.05, 0) is 66.6 Å². The molecule has 0 spiro atoms. The van der Waals surface area contributed by atoms with Gasteiger partial charge >= 0.3 is 0 Å². The lowest BCUT2D eigenvalue weighted by atomic mass is 10.1. The normalized spacial score (nSPS) is 11.9. The van der Waals surface area contributed by atoms with Gasteiger partial charge in [0.05, 0.1) is 23.9 Å². The summed E-state index contributed by atoms with van der Waals surface area (Å²) in [4.78, 5) is 18.7. The molecule has 0 unspecified atom stereocenters. The van der Waals surface area contributed by atoms with Gasteiger partial charge in [-0.3, -0.25) is 4.79 Å². The van der Waals surface area contributed by atoms with Gasteiger partial charge in [-0.2, -0.15) is 14.6 Å². The first-order valence-electron chi connectivity index (χ1n) is 16.5. The molecule has 9 nitrogen and oxygen atoms in total. The van der Waals surface area contributed by atoms with Gasteiger partial charge in [0.15, 0.2) is 17.3 Å². The standard InChI is InChI=1S/C40H34ClN5O4S/c1-3-4-21-49-34-19-17-27(22-35(34)48-2)18-20-37-42-40-46(43-37)39(47)36(51-40)24-30-25-45(31-13-6-5-7-14-31)44-38(30)28-12-10-15-32(23-28)50-26-29-11-8-9-16-33(29)41/h5-20,22-25H,3-4,21,26H2,1-2H3/b20-18+,36-24-. The molecule has 4 aromatic carbocycles. The lowest BCUT2D eigenvalue weighted by Gasteiger charge is -2.10. The van der Waals surface area contributed by atoms with Crippen LogP contribution in [-0.2, 0) is 6.61 Å². The number of unbranched alkanes of at least 4 members (excludes halogenated alkanes) is 1. The van der Waals surface area contributed by atoms with E-state index < -0.39 is 0 Å². The summed E-state index contributed by atoms with van der Waals surface area (Å²) in [5.74, 6) is 2.46. The van der Waals surface area contributed by atoms with Gasteiger partial charge in [-0.15, -0.1) is 5.10 Å². The van der Waals surface area contributed by atoms with E-state index in [1.54, 1.807) is 13.2 Å². The van der Waals surface area contributed by atoms with Gasteiger partial charge in [-0.1, -0.05) is 97.0 Å². The third kappa shape index (κ3) is 7.72. The first-order chi connectivity index (χ1) is 25.0. The van der Waals surface area contributed by atoms with Crippen LogP contribution in [0.25, 0.3) is 40.1 Å². The average molecular weight is 716 g/mol. The van der Waals surface area contributed by atoms with Crippen molar-refractivity contribution in [3.63, 3.8) is 0 Å². The summed E-state index contributed by atoms with van der Waals surface area (Å²) in [6.45, 7) is 3.09. The zero-order valence-electron chi connectivity index (χ0n) is 28.0. The van der Waals surface area contributed by atoms with Crippen LogP contribution in [0.5, 0.6) is 17.2 Å². The van der Waals surface area contributed by atoms with Crippen molar-refractivity contribution >= 4 is 46.1 Å². The highest BCUT2D eigenvalue weighted by Crippen LogP contribution is 2.30. The van der Waals surface area contributed by atoms with Crippen molar-refractivity contribution < 1.29 is 14.2 Å². The molecular formula is C40H34ClN5O4S. The van der Waals surface area contributed by atoms with Crippen molar-refractivity contribution in [3.8, 4) is 34.2 Å². The van der Waals surface area contributed by atoms with Crippen molar-refractivity contribution in [2.24, 2.45) is 0 Å². The molecule has 0 saturated heterocycles. The van der Waals surface area contributed by atoms with Gasteiger partial charge in [-0.25, -0.2) is 4.68 Å². The predicted molar refractivity (Wildman–Crippen MR) is 203 cm³/mol. The van der Waals surface area contributed by atoms with Crippen LogP contribution in [0.4, 0.5) is 0 Å². The van der Waals surface area contributed by atoms with Crippen LogP contribution in [0.15, 0.2) is 108 Å². The highest BCUT2D eigenvalue weighted by molar-refractivity contribution is 7.15. The number of aromatic nitrogens is 5. The van der Waals surface area contributed by atoms with Crippen molar-refractivity contribution in [1.29, 1.82) is 0 Å². The Hall–Kier alpha value is -5.71. The highest BCUT2D eigenvalue weighted by Gasteiger charge is 2.15. The minimum absolute atomic E-state index is 0.257. The zero-order chi connectivity index (χ0) is 35.2. The quantitative estimate of drug-likeness (QED) is 0.111. The summed E-state index contributed by atoms with van der Waals surface area (Å²) in [6.07, 6.45) is 9.44. The third-order valence-electron chi connectivity index (χ3n) is 8.08. The summed E-state index contributed by atoms with van der Waals surface area (Å²) in [5, 5.41) is 10.1. The molecule has 7 aromatic rings. The molecule has 0 radical (unpaired) electrons. The number of fused-ring (bicyclic) bond motifs is 1. The van der Waals surface area contributed by atoms with E-state index in [4.69, 9.17) is 30.9 Å². The van der Waals surface area contributed by atoms with Crippen LogP contribution >= 0.6 is 22.9 Å². The van der Waals surface area contributed by atoms with E-state index in [-0.39, 0.29) is 5.56 Å². The molecule has 0 atom stereocenters. The van der Waals surface area contributed by atoms with E-state index in [1.807, 2.05) is 120 Å². The lowest BCUT2D eigenvalue weighted by molar-refractivity contribution is 0.288. The van der Waals surface area contributed by atoms with Crippen LogP contribution in [0.3, 0.4) is 0 Å². The first-order valence-corrected chi connectivity index (χ1v) is 17.7. The largest absolute Gasteiger partial charge is 0.493 e. The molecule has 3 aromatic heterocycles. The maximum atomic E-state index is 13.6. The van der Waals surface area contributed by atoms with Gasteiger partial charge in [0.2, 0.25) is 4.96 Å². The number of hydrogen-bond acceptors (Lipinski definition) is 8. The Morgan fingerprint density at radius 2 is 1.73 bits per heavy atom. The van der Waals surface area contributed by atoms with Gasteiger partial charge in [0.25, 0.3) is 5.56 Å². The summed E-state index contributed by atoms with van der Waals surface area (Å²) in [5.41, 5.74) is 4.72. The number of halogens is 1. The molecule has 0 N–H and O–H groups in total. The van der Waals surface area contributed by atoms with E-state index in [0.717, 1.165) is 40.8 Å². The van der Waals surface area contributed by atoms with Crippen LogP contribution in [0.2, 0.25) is 5.02 Å². The number of ether oxygens (including phenoxy) is 3. The molecule has 0 aliphatic carbocycles. The Bertz CT molecular complexity index is 2440. The van der Waals surface area contributed by atoms with Crippen LogP contribution in [0, 0.1) is 0 Å². The Morgan fingerprint density at radius 3 is 2.53 bits per heavy atom. The van der Waals surface area contributed by atoms with E-state index in [2.05, 4.69) is 17.0 Å². The molecule has 256 valence electrons. The molecule has 3 heterocycles. The fraction of sp³-hybridized carbons (Fsp3) is 0.150. The second-order valence-electron chi connectivity index (χ2n) is 11.6. The monoisotopic (exact) mass is 715 g/mol. The van der Waals surface area contributed by atoms with Crippen LogP contribution in [0.1, 0.15) is 42.3 Å². The molecule has 0 aliphatic rings. The number of methoxy groups -OCH3 is 1. The number of hydrogen-bond donors (Lipinski definition) is 0. The van der Waals surface area contributed by atoms with Crippen molar-refractivity contribution in [3.05, 3.63) is 146 Å². The fourth-order valence-corrected chi connectivity index (χ4v) is 6.50. The SMILES string of the molecule is CCCCOc1ccc(/C=C/c2nc3s/c(=C\c4cn(-c5ccccc5)nc4-c4cccc(OCc5ccccc5Cl)c4)c(=O)n3n2)cc1OC. The predicted octanol–water partition coefficient (Wildman–Crippen LogP) is 8.14. The first kappa shape index (κ1) is 33.8. The Labute approximate surface area is 303 Å². The number of rotatable bonds is 13. The Morgan fingerprint density at radius 1 is 0.882 bits per heavy atom. The van der Waals surface area contributed by atoms with Gasteiger partial charge < -0.3 is 14.2 Å². The number of benzene rings is 4. The summed E-state index contributed by atoms with van der Waals surface area (Å²) in [6, 6.07) is 30.9. The molecule has 7 rings (SSSR count). The second-order valence-corrected chi connectivity index (χ2v) is 13.1. The molecule has 0 fully saturated rings. The number of para-hydroxylation sites is 1. The summed E-state index contributed by atoms with van der Waals surface area (Å²) >= 11 is 7.62.